The molecule has 0 bridgehead atoms. The summed E-state index contributed by atoms with van der Waals surface area (Å²) in [4.78, 5) is 0. The van der Waals surface area contributed by atoms with Gasteiger partial charge >= 0.3 is 0 Å². The molecule has 0 aliphatic carbocycles. The Bertz CT molecular complexity index is 7770. The first-order chi connectivity index (χ1) is 60.7. The Hall–Kier alpha value is -15.4. The minimum Gasteiger partial charge on any atom is -0.456 e. The van der Waals surface area contributed by atoms with Gasteiger partial charge in [-0.2, -0.15) is 0 Å². The van der Waals surface area contributed by atoms with Crippen LogP contribution in [0.2, 0.25) is 0 Å². The maximum atomic E-state index is 5.78. The van der Waals surface area contributed by atoms with Crippen molar-refractivity contribution >= 4 is 131 Å². The SMILES string of the molecule is Cc1cc(-c2ccccc2)c2ccccc2c1.Cc1ccc2c(-c3ccccc3)cccc2c1.Cc1ccc2c(c1)oc1ccccc12.Cc1ccc2cc(-c3ccccc3)ccc2c1.Cc1ccc2ccc(-c3ccccc3)cc2c1.Cc1ccc2oc3ccccc3c2c1.Cc1cccc2c1oc1ccccc12.Cc1cccc2oc3ccccc3c12. The molecule has 4 nitrogen and oxygen atoms in total. The second-order valence-corrected chi connectivity index (χ2v) is 32.0. The molecule has 0 fully saturated rings. The lowest BCUT2D eigenvalue weighted by molar-refractivity contribution is 0.665. The van der Waals surface area contributed by atoms with Crippen LogP contribution in [0.3, 0.4) is 0 Å². The van der Waals surface area contributed by atoms with Gasteiger partial charge in [-0.3, -0.25) is 0 Å². The van der Waals surface area contributed by atoms with Crippen molar-refractivity contribution in [2.24, 2.45) is 0 Å². The maximum absolute atomic E-state index is 5.78. The van der Waals surface area contributed by atoms with Gasteiger partial charge in [0.05, 0.1) is 0 Å². The van der Waals surface area contributed by atoms with Crippen molar-refractivity contribution in [2.75, 3.05) is 0 Å². The van der Waals surface area contributed by atoms with Crippen LogP contribution >= 0.6 is 0 Å². The normalized spacial score (nSPS) is 10.9. The molecule has 0 amide bonds. The van der Waals surface area contributed by atoms with Crippen LogP contribution in [0, 0.1) is 55.4 Å². The highest BCUT2D eigenvalue weighted by molar-refractivity contribution is 6.09. The highest BCUT2D eigenvalue weighted by Gasteiger charge is 2.13. The van der Waals surface area contributed by atoms with E-state index in [4.69, 9.17) is 17.7 Å². The van der Waals surface area contributed by atoms with E-state index >= 15 is 0 Å². The smallest absolute Gasteiger partial charge is 0.138 e. The van der Waals surface area contributed by atoms with E-state index in [2.05, 4.69) is 395 Å². The van der Waals surface area contributed by atoms with Gasteiger partial charge in [0.1, 0.15) is 44.7 Å². The molecule has 4 aromatic heterocycles. The van der Waals surface area contributed by atoms with Gasteiger partial charge < -0.3 is 17.7 Å². The molecule has 0 radical (unpaired) electrons. The van der Waals surface area contributed by atoms with Gasteiger partial charge in [-0.1, -0.05) is 398 Å². The number of furan rings is 4. The Kier molecular flexibility index (Phi) is 24.5. The van der Waals surface area contributed by atoms with E-state index in [0.29, 0.717) is 0 Å². The highest BCUT2D eigenvalue weighted by atomic mass is 16.3. The summed E-state index contributed by atoms with van der Waals surface area (Å²) in [5, 5.41) is 20.2. The number of para-hydroxylation sites is 5. The summed E-state index contributed by atoms with van der Waals surface area (Å²) < 4.78 is 23.0. The molecule has 0 atom stereocenters. The molecule has 124 heavy (non-hydrogen) atoms. The lowest BCUT2D eigenvalue weighted by Gasteiger charge is -2.08. The molecule has 24 rings (SSSR count). The van der Waals surface area contributed by atoms with Crippen molar-refractivity contribution in [3.05, 3.63) is 481 Å². The van der Waals surface area contributed by atoms with Crippen molar-refractivity contribution < 1.29 is 17.7 Å². The fraction of sp³-hybridized carbons (Fsp3) is 0.0667. The predicted molar refractivity (Wildman–Crippen MR) is 530 cm³/mol. The average Bonchev–Trinajstić information content (AvgIpc) is 1.72. The Morgan fingerprint density at radius 1 is 0.145 bits per heavy atom. The van der Waals surface area contributed by atoms with E-state index < -0.39 is 0 Å². The zero-order valence-corrected chi connectivity index (χ0v) is 71.2. The van der Waals surface area contributed by atoms with Crippen molar-refractivity contribution in [3.8, 4) is 44.5 Å². The highest BCUT2D eigenvalue weighted by Crippen LogP contribution is 2.37. The van der Waals surface area contributed by atoms with Crippen LogP contribution in [0.5, 0.6) is 0 Å². The lowest BCUT2D eigenvalue weighted by atomic mass is 9.96. The van der Waals surface area contributed by atoms with Crippen LogP contribution in [0.15, 0.2) is 454 Å². The third-order valence-corrected chi connectivity index (χ3v) is 22.7. The van der Waals surface area contributed by atoms with E-state index in [0.717, 1.165) is 44.7 Å². The summed E-state index contributed by atoms with van der Waals surface area (Å²) in [7, 11) is 0. The predicted octanol–water partition coefficient (Wildman–Crippen LogP) is 34.8. The molecule has 0 unspecified atom stereocenters. The van der Waals surface area contributed by atoms with E-state index in [9.17, 15) is 0 Å². The summed E-state index contributed by atoms with van der Waals surface area (Å²) in [5.74, 6) is 0. The molecule has 24 aromatic rings. The molecular formula is C120H96O4. The molecule has 0 spiro atoms. The molecule has 0 saturated carbocycles. The average molecular weight is 1600 g/mol. The number of hydrogen-bond donors (Lipinski definition) is 0. The first-order valence-corrected chi connectivity index (χ1v) is 42.5. The molecule has 0 N–H and O–H groups in total. The third kappa shape index (κ3) is 18.6. The van der Waals surface area contributed by atoms with Crippen LogP contribution in [0.25, 0.3) is 175 Å². The lowest BCUT2D eigenvalue weighted by Crippen LogP contribution is -1.83. The van der Waals surface area contributed by atoms with Crippen LogP contribution in [0.1, 0.15) is 44.5 Å². The number of fused-ring (bicyclic) bond motifs is 16. The molecule has 20 aromatic carbocycles. The van der Waals surface area contributed by atoms with Crippen LogP contribution in [-0.2, 0) is 0 Å². The summed E-state index contributed by atoms with van der Waals surface area (Å²) >= 11 is 0. The molecule has 600 valence electrons. The zero-order valence-electron chi connectivity index (χ0n) is 71.2. The van der Waals surface area contributed by atoms with Crippen molar-refractivity contribution in [3.63, 3.8) is 0 Å². The largest absolute Gasteiger partial charge is 0.456 e. The third-order valence-electron chi connectivity index (χ3n) is 22.7. The Morgan fingerprint density at radius 3 is 1.14 bits per heavy atom. The number of benzene rings is 20. The van der Waals surface area contributed by atoms with E-state index in [-0.39, 0.29) is 0 Å². The van der Waals surface area contributed by atoms with Crippen LogP contribution < -0.4 is 0 Å². The first kappa shape index (κ1) is 81.0. The van der Waals surface area contributed by atoms with E-state index in [1.165, 1.54) is 175 Å². The van der Waals surface area contributed by atoms with E-state index in [1.54, 1.807) is 0 Å². The summed E-state index contributed by atoms with van der Waals surface area (Å²) in [6, 6.07) is 152. The number of rotatable bonds is 4. The fourth-order valence-corrected chi connectivity index (χ4v) is 16.5. The first-order valence-electron chi connectivity index (χ1n) is 42.5. The van der Waals surface area contributed by atoms with Gasteiger partial charge in [0, 0.05) is 43.1 Å². The second kappa shape index (κ2) is 37.5. The maximum Gasteiger partial charge on any atom is 0.138 e. The van der Waals surface area contributed by atoms with Gasteiger partial charge in [-0.15, -0.1) is 0 Å². The topological polar surface area (TPSA) is 52.6 Å². The van der Waals surface area contributed by atoms with Crippen molar-refractivity contribution in [1.82, 2.24) is 0 Å². The van der Waals surface area contributed by atoms with Gasteiger partial charge in [0.25, 0.3) is 0 Å². The quantitative estimate of drug-likeness (QED) is 0.176. The molecule has 4 heteroatoms. The molecule has 0 saturated heterocycles. The van der Waals surface area contributed by atoms with Crippen molar-refractivity contribution in [2.45, 2.75) is 55.4 Å². The molecular weight excluding hydrogens is 1510 g/mol. The monoisotopic (exact) mass is 1600 g/mol. The molecule has 4 heterocycles. The van der Waals surface area contributed by atoms with Crippen LogP contribution in [0.4, 0.5) is 0 Å². The zero-order chi connectivity index (χ0) is 84.8. The fourth-order valence-electron chi connectivity index (χ4n) is 16.5. The van der Waals surface area contributed by atoms with Gasteiger partial charge in [0.2, 0.25) is 0 Å². The summed E-state index contributed by atoms with van der Waals surface area (Å²) in [6.45, 7) is 16.9. The van der Waals surface area contributed by atoms with Crippen molar-refractivity contribution in [1.29, 1.82) is 0 Å². The van der Waals surface area contributed by atoms with Crippen LogP contribution in [-0.4, -0.2) is 0 Å². The Balaban J connectivity index is 0.000000100. The van der Waals surface area contributed by atoms with Gasteiger partial charge in [-0.05, 0) is 226 Å². The Morgan fingerprint density at radius 2 is 0.500 bits per heavy atom. The Labute approximate surface area is 724 Å². The number of hydrogen-bond acceptors (Lipinski definition) is 4. The standard InChI is InChI=1S/4C17H14.4C13H10O/c1-13-11-15-9-5-6-10-16(15)17(12-13)14-7-3-2-4-8-14;1-13-10-11-17-15(12-13)8-5-9-16(17)14-6-3-2-4-7-14;1-13-7-8-17-12-16(10-9-15(17)11-13)14-5-3-2-4-6-14;1-13-7-8-15-9-10-16(12-17(15)11-13)14-5-3-2-4-6-14;1-9-5-4-7-11-10-6-2-3-8-12(10)14-13(9)11;1-9-5-4-8-12-13(9)10-6-2-3-7-11(10)14-12;1-9-6-7-13-11(8-9)10-4-2-3-5-12(10)14-13;1-9-6-7-11-10-4-2-3-5-12(10)14-13(11)8-9/h4*2-12H,1H3;4*2-8H,1H3. The van der Waals surface area contributed by atoms with E-state index in [1.807, 2.05) is 97.1 Å². The molecule has 0 aliphatic heterocycles. The minimum absolute atomic E-state index is 0.966. The summed E-state index contributed by atoms with van der Waals surface area (Å²) in [5.41, 5.74) is 28.3. The number of aryl methyl sites for hydroxylation is 8. The minimum atomic E-state index is 0.966. The van der Waals surface area contributed by atoms with Gasteiger partial charge in [0.15, 0.2) is 0 Å². The second-order valence-electron chi connectivity index (χ2n) is 32.0. The summed E-state index contributed by atoms with van der Waals surface area (Å²) in [6.07, 6.45) is 0. The molecule has 0 aliphatic rings. The van der Waals surface area contributed by atoms with Gasteiger partial charge in [-0.25, -0.2) is 0 Å².